The fourth-order valence-corrected chi connectivity index (χ4v) is 3.68. The average molecular weight is 387 g/mol. The molecule has 1 aliphatic heterocycles. The number of benzene rings is 1. The first-order valence-electron chi connectivity index (χ1n) is 9.68. The van der Waals surface area contributed by atoms with Gasteiger partial charge in [-0.15, -0.1) is 0 Å². The maximum absolute atomic E-state index is 6.20. The van der Waals surface area contributed by atoms with Crippen molar-refractivity contribution >= 4 is 16.9 Å². The number of aromatic nitrogens is 5. The summed E-state index contributed by atoms with van der Waals surface area (Å²) in [5.41, 5.74) is 8.34. The van der Waals surface area contributed by atoms with Crippen molar-refractivity contribution in [1.82, 2.24) is 30.0 Å². The van der Waals surface area contributed by atoms with Crippen LogP contribution in [-0.4, -0.2) is 37.8 Å². The summed E-state index contributed by atoms with van der Waals surface area (Å²) in [4.78, 5) is 13.2. The standard InChI is InChI=1S/C21H21N7O/c22-20-18-19(17-9-8-16(12-24-17)29-15-6-2-1-3-7-15)27-28(21(18)26-13-25-20)14-5-4-10-23-11-14/h1-3,6-9,12-14,23H,4-5,10-11H2,(H2,22,25,26)/t14-/m1/s1. The molecule has 3 aromatic heterocycles. The zero-order chi connectivity index (χ0) is 19.6. The van der Waals surface area contributed by atoms with E-state index in [1.165, 1.54) is 6.33 Å². The molecular formula is C21H21N7O. The van der Waals surface area contributed by atoms with Crippen molar-refractivity contribution in [3.63, 3.8) is 0 Å². The molecule has 1 aromatic carbocycles. The van der Waals surface area contributed by atoms with Gasteiger partial charge >= 0.3 is 0 Å². The summed E-state index contributed by atoms with van der Waals surface area (Å²) in [5.74, 6) is 1.83. The van der Waals surface area contributed by atoms with Crippen molar-refractivity contribution < 1.29 is 4.74 Å². The van der Waals surface area contributed by atoms with Gasteiger partial charge in [-0.25, -0.2) is 14.6 Å². The molecule has 0 amide bonds. The highest BCUT2D eigenvalue weighted by Gasteiger charge is 2.24. The van der Waals surface area contributed by atoms with Crippen LogP contribution in [0.4, 0.5) is 5.82 Å². The van der Waals surface area contributed by atoms with Crippen LogP contribution in [0.25, 0.3) is 22.4 Å². The molecule has 8 nitrogen and oxygen atoms in total. The monoisotopic (exact) mass is 387 g/mol. The third-order valence-electron chi connectivity index (χ3n) is 5.09. The van der Waals surface area contributed by atoms with Crippen molar-refractivity contribution in [3.05, 3.63) is 55.0 Å². The number of hydrogen-bond donors (Lipinski definition) is 2. The van der Waals surface area contributed by atoms with E-state index in [2.05, 4.69) is 20.3 Å². The highest BCUT2D eigenvalue weighted by Crippen LogP contribution is 2.32. The third kappa shape index (κ3) is 3.38. The Morgan fingerprint density at radius 1 is 1.03 bits per heavy atom. The summed E-state index contributed by atoms with van der Waals surface area (Å²) in [5, 5.41) is 9.01. The van der Waals surface area contributed by atoms with Gasteiger partial charge in [0.05, 0.1) is 23.3 Å². The molecule has 1 atom stereocenters. The molecule has 1 saturated heterocycles. The van der Waals surface area contributed by atoms with Gasteiger partial charge in [0, 0.05) is 6.54 Å². The lowest BCUT2D eigenvalue weighted by Crippen LogP contribution is -2.32. The molecule has 146 valence electrons. The molecule has 5 rings (SSSR count). The van der Waals surface area contributed by atoms with Crippen LogP contribution in [0.15, 0.2) is 55.0 Å². The number of rotatable bonds is 4. The molecule has 1 fully saturated rings. The van der Waals surface area contributed by atoms with E-state index in [1.54, 1.807) is 6.20 Å². The largest absolute Gasteiger partial charge is 0.456 e. The number of para-hydroxylation sites is 1. The summed E-state index contributed by atoms with van der Waals surface area (Å²) in [7, 11) is 0. The number of piperidine rings is 1. The Hall–Kier alpha value is -3.52. The van der Waals surface area contributed by atoms with E-state index >= 15 is 0 Å². The molecule has 1 aliphatic rings. The highest BCUT2D eigenvalue weighted by molar-refractivity contribution is 5.97. The van der Waals surface area contributed by atoms with E-state index in [-0.39, 0.29) is 6.04 Å². The number of nitrogens with zero attached hydrogens (tertiary/aromatic N) is 5. The Labute approximate surface area is 167 Å². The van der Waals surface area contributed by atoms with Crippen molar-refractivity contribution in [3.8, 4) is 22.9 Å². The van der Waals surface area contributed by atoms with Crippen molar-refractivity contribution in [1.29, 1.82) is 0 Å². The number of hydrogen-bond acceptors (Lipinski definition) is 7. The predicted molar refractivity (Wildman–Crippen MR) is 111 cm³/mol. The van der Waals surface area contributed by atoms with Crippen molar-refractivity contribution in [2.45, 2.75) is 18.9 Å². The summed E-state index contributed by atoms with van der Waals surface area (Å²) in [6.45, 7) is 1.89. The lowest BCUT2D eigenvalue weighted by Gasteiger charge is -2.23. The molecule has 0 saturated carbocycles. The smallest absolute Gasteiger partial charge is 0.164 e. The quantitative estimate of drug-likeness (QED) is 0.554. The normalized spacial score (nSPS) is 16.8. The Balaban J connectivity index is 1.52. The number of ether oxygens (including phenoxy) is 1. The molecule has 0 spiro atoms. The van der Waals surface area contributed by atoms with Crippen LogP contribution in [0, 0.1) is 0 Å². The maximum atomic E-state index is 6.20. The second kappa shape index (κ2) is 7.48. The van der Waals surface area contributed by atoms with E-state index in [4.69, 9.17) is 15.6 Å². The first kappa shape index (κ1) is 17.6. The van der Waals surface area contributed by atoms with E-state index in [1.807, 2.05) is 47.1 Å². The summed E-state index contributed by atoms with van der Waals surface area (Å²) in [6, 6.07) is 13.6. The van der Waals surface area contributed by atoms with Crippen LogP contribution < -0.4 is 15.8 Å². The maximum Gasteiger partial charge on any atom is 0.164 e. The Bertz CT molecular complexity index is 1120. The second-order valence-corrected chi connectivity index (χ2v) is 7.05. The Kier molecular flexibility index (Phi) is 4.53. The number of nitrogens with two attached hydrogens (primary N) is 1. The second-order valence-electron chi connectivity index (χ2n) is 7.05. The summed E-state index contributed by atoms with van der Waals surface area (Å²) < 4.78 is 7.80. The number of nitrogens with one attached hydrogen (secondary N) is 1. The average Bonchev–Trinajstić information content (AvgIpc) is 3.17. The highest BCUT2D eigenvalue weighted by atomic mass is 16.5. The Morgan fingerprint density at radius 2 is 1.93 bits per heavy atom. The van der Waals surface area contributed by atoms with Gasteiger partial charge in [-0.2, -0.15) is 5.10 Å². The van der Waals surface area contributed by atoms with Gasteiger partial charge in [0.2, 0.25) is 0 Å². The molecule has 0 bridgehead atoms. The molecule has 4 aromatic rings. The number of nitrogen functional groups attached to an aromatic ring is 1. The van der Waals surface area contributed by atoms with Gasteiger partial charge in [0.1, 0.15) is 29.3 Å². The van der Waals surface area contributed by atoms with Crippen LogP contribution >= 0.6 is 0 Å². The minimum absolute atomic E-state index is 0.231. The van der Waals surface area contributed by atoms with E-state index < -0.39 is 0 Å². The van der Waals surface area contributed by atoms with Crippen LogP contribution in [-0.2, 0) is 0 Å². The van der Waals surface area contributed by atoms with Gasteiger partial charge in [-0.1, -0.05) is 18.2 Å². The lowest BCUT2D eigenvalue weighted by atomic mass is 10.1. The SMILES string of the molecule is Nc1ncnc2c1c(-c1ccc(Oc3ccccc3)cn1)nn2[C@@H]1CCCNC1. The van der Waals surface area contributed by atoms with E-state index in [0.717, 1.165) is 42.7 Å². The number of pyridine rings is 1. The molecule has 3 N–H and O–H groups in total. The van der Waals surface area contributed by atoms with E-state index in [0.29, 0.717) is 23.0 Å². The van der Waals surface area contributed by atoms with Gasteiger partial charge in [0.25, 0.3) is 0 Å². The van der Waals surface area contributed by atoms with Crippen molar-refractivity contribution in [2.75, 3.05) is 18.8 Å². The third-order valence-corrected chi connectivity index (χ3v) is 5.09. The zero-order valence-corrected chi connectivity index (χ0v) is 15.8. The molecular weight excluding hydrogens is 366 g/mol. The minimum atomic E-state index is 0.231. The first-order chi connectivity index (χ1) is 14.3. The summed E-state index contributed by atoms with van der Waals surface area (Å²) in [6.07, 6.45) is 5.32. The van der Waals surface area contributed by atoms with Gasteiger partial charge in [0.15, 0.2) is 5.65 Å². The Morgan fingerprint density at radius 3 is 2.69 bits per heavy atom. The number of fused-ring (bicyclic) bond motifs is 1. The molecule has 0 unspecified atom stereocenters. The molecule has 4 heterocycles. The van der Waals surface area contributed by atoms with Gasteiger partial charge in [-0.05, 0) is 43.7 Å². The fourth-order valence-electron chi connectivity index (χ4n) is 3.68. The molecule has 0 radical (unpaired) electrons. The molecule has 0 aliphatic carbocycles. The lowest BCUT2D eigenvalue weighted by molar-refractivity contribution is 0.354. The van der Waals surface area contributed by atoms with E-state index in [9.17, 15) is 0 Å². The van der Waals surface area contributed by atoms with Gasteiger partial charge < -0.3 is 15.8 Å². The topological polar surface area (TPSA) is 104 Å². The zero-order valence-electron chi connectivity index (χ0n) is 15.8. The molecule has 29 heavy (non-hydrogen) atoms. The van der Waals surface area contributed by atoms with Crippen LogP contribution in [0.1, 0.15) is 18.9 Å². The van der Waals surface area contributed by atoms with Crippen LogP contribution in [0.5, 0.6) is 11.5 Å². The fraction of sp³-hybridized carbons (Fsp3) is 0.238. The van der Waals surface area contributed by atoms with Crippen LogP contribution in [0.3, 0.4) is 0 Å². The van der Waals surface area contributed by atoms with Gasteiger partial charge in [-0.3, -0.25) is 4.98 Å². The summed E-state index contributed by atoms with van der Waals surface area (Å²) >= 11 is 0. The predicted octanol–water partition coefficient (Wildman–Crippen LogP) is 3.19. The molecule has 8 heteroatoms. The van der Waals surface area contributed by atoms with Crippen molar-refractivity contribution in [2.24, 2.45) is 0 Å². The minimum Gasteiger partial charge on any atom is -0.456 e. The number of anilines is 1. The first-order valence-corrected chi connectivity index (χ1v) is 9.68. The van der Waals surface area contributed by atoms with Crippen LogP contribution in [0.2, 0.25) is 0 Å².